The van der Waals surface area contributed by atoms with Crippen molar-refractivity contribution in [2.75, 3.05) is 11.9 Å². The molecule has 34 heavy (non-hydrogen) atoms. The molecule has 4 rings (SSSR count). The smallest absolute Gasteiger partial charge is 0.359 e. The van der Waals surface area contributed by atoms with Crippen molar-refractivity contribution in [2.45, 2.75) is 13.8 Å². The van der Waals surface area contributed by atoms with Gasteiger partial charge in [0.25, 0.3) is 5.56 Å². The van der Waals surface area contributed by atoms with E-state index in [1.54, 1.807) is 54.8 Å². The van der Waals surface area contributed by atoms with Crippen LogP contribution in [0, 0.1) is 6.92 Å². The quantitative estimate of drug-likeness (QED) is 0.293. The van der Waals surface area contributed by atoms with Crippen molar-refractivity contribution in [3.05, 3.63) is 92.2 Å². The Morgan fingerprint density at radius 2 is 2.00 bits per heavy atom. The van der Waals surface area contributed by atoms with E-state index >= 15 is 0 Å². The van der Waals surface area contributed by atoms with Crippen molar-refractivity contribution in [1.29, 1.82) is 0 Å². The Balaban J connectivity index is 1.79. The van der Waals surface area contributed by atoms with Gasteiger partial charge in [0.1, 0.15) is 5.00 Å². The number of nitrogens with one attached hydrogen (secondary N) is 1. The molecule has 7 nitrogen and oxygen atoms in total. The molecule has 4 aromatic rings. The second kappa shape index (κ2) is 10.0. The van der Waals surface area contributed by atoms with Gasteiger partial charge < -0.3 is 10.1 Å². The average Bonchev–Trinajstić information content (AvgIpc) is 3.23. The van der Waals surface area contributed by atoms with Crippen molar-refractivity contribution in [3.63, 3.8) is 0 Å². The van der Waals surface area contributed by atoms with Crippen molar-refractivity contribution in [1.82, 2.24) is 9.78 Å². The summed E-state index contributed by atoms with van der Waals surface area (Å²) in [6.45, 7) is 3.74. The third-order valence-corrected chi connectivity index (χ3v) is 6.16. The third-order valence-electron chi connectivity index (χ3n) is 4.92. The molecule has 0 fully saturated rings. The minimum Gasteiger partial charge on any atom is -0.461 e. The van der Waals surface area contributed by atoms with E-state index in [1.807, 2.05) is 19.1 Å². The third kappa shape index (κ3) is 4.78. The second-order valence-electron chi connectivity index (χ2n) is 7.32. The van der Waals surface area contributed by atoms with Crippen LogP contribution in [0.15, 0.2) is 64.8 Å². The molecule has 172 valence electrons. The molecule has 0 saturated carbocycles. The SMILES string of the molecule is CCOC(=O)c1nn(-c2cccc(C)c2)c(=O)c2c(NC(=O)/C=C/c3ccccc3Cl)scc12. The predicted octanol–water partition coefficient (Wildman–Crippen LogP) is 5.24. The molecule has 0 unspecified atom stereocenters. The highest BCUT2D eigenvalue weighted by atomic mass is 35.5. The monoisotopic (exact) mass is 493 g/mol. The summed E-state index contributed by atoms with van der Waals surface area (Å²) in [6.07, 6.45) is 2.92. The van der Waals surface area contributed by atoms with Crippen LogP contribution >= 0.6 is 22.9 Å². The number of carbonyl (C=O) groups is 2. The Bertz CT molecular complexity index is 1490. The molecule has 0 radical (unpaired) electrons. The average molecular weight is 494 g/mol. The van der Waals surface area contributed by atoms with Gasteiger partial charge in [0.15, 0.2) is 5.69 Å². The molecule has 1 amide bonds. The normalized spacial score (nSPS) is 11.1. The van der Waals surface area contributed by atoms with Crippen LogP contribution in [0.25, 0.3) is 22.5 Å². The van der Waals surface area contributed by atoms with Crippen LogP contribution in [0.2, 0.25) is 5.02 Å². The summed E-state index contributed by atoms with van der Waals surface area (Å²) < 4.78 is 6.31. The van der Waals surface area contributed by atoms with Crippen molar-refractivity contribution in [3.8, 4) is 5.69 Å². The Kier molecular flexibility index (Phi) is 6.90. The lowest BCUT2D eigenvalue weighted by Gasteiger charge is -2.10. The lowest BCUT2D eigenvalue weighted by molar-refractivity contribution is -0.111. The van der Waals surface area contributed by atoms with Gasteiger partial charge in [-0.3, -0.25) is 9.59 Å². The molecule has 2 aromatic carbocycles. The fourth-order valence-electron chi connectivity index (χ4n) is 3.36. The van der Waals surface area contributed by atoms with Crippen LogP contribution in [-0.2, 0) is 9.53 Å². The van der Waals surface area contributed by atoms with Crippen molar-refractivity contribution < 1.29 is 14.3 Å². The van der Waals surface area contributed by atoms with Crippen molar-refractivity contribution in [2.24, 2.45) is 0 Å². The maximum absolute atomic E-state index is 13.4. The molecular weight excluding hydrogens is 474 g/mol. The second-order valence-corrected chi connectivity index (χ2v) is 8.61. The van der Waals surface area contributed by atoms with E-state index in [9.17, 15) is 14.4 Å². The summed E-state index contributed by atoms with van der Waals surface area (Å²) in [7, 11) is 0. The number of anilines is 1. The van der Waals surface area contributed by atoms with Gasteiger partial charge in [-0.2, -0.15) is 9.78 Å². The highest BCUT2D eigenvalue weighted by molar-refractivity contribution is 7.16. The predicted molar refractivity (Wildman–Crippen MR) is 135 cm³/mol. The Morgan fingerprint density at radius 3 is 2.74 bits per heavy atom. The number of amides is 1. The van der Waals surface area contributed by atoms with E-state index in [2.05, 4.69) is 10.4 Å². The first kappa shape index (κ1) is 23.4. The number of rotatable bonds is 6. The van der Waals surface area contributed by atoms with Gasteiger partial charge in [0.05, 0.1) is 17.7 Å². The standard InChI is InChI=1S/C25H20ClN3O4S/c1-3-33-25(32)22-18-14-34-23(27-20(30)12-11-16-8-4-5-10-19(16)26)21(18)24(31)29(28-22)17-9-6-7-15(2)13-17/h4-14H,3H2,1-2H3,(H,27,30)/b12-11+. The summed E-state index contributed by atoms with van der Waals surface area (Å²) in [5.41, 5.74) is 1.65. The first-order valence-corrected chi connectivity index (χ1v) is 11.7. The molecular formula is C25H20ClN3O4S. The van der Waals surface area contributed by atoms with Crippen LogP contribution in [0.5, 0.6) is 0 Å². The van der Waals surface area contributed by atoms with Crippen LogP contribution in [0.4, 0.5) is 5.00 Å². The number of fused-ring (bicyclic) bond motifs is 1. The molecule has 0 bridgehead atoms. The fraction of sp³-hybridized carbons (Fsp3) is 0.120. The number of thiophene rings is 1. The number of halogens is 1. The molecule has 0 aliphatic carbocycles. The van der Waals surface area contributed by atoms with E-state index in [1.165, 1.54) is 6.08 Å². The lowest BCUT2D eigenvalue weighted by atomic mass is 10.2. The summed E-state index contributed by atoms with van der Waals surface area (Å²) >= 11 is 7.27. The first-order chi connectivity index (χ1) is 16.4. The molecule has 0 aliphatic heterocycles. The topological polar surface area (TPSA) is 90.3 Å². The molecule has 0 spiro atoms. The van der Waals surface area contributed by atoms with Gasteiger partial charge in [-0.1, -0.05) is 41.9 Å². The van der Waals surface area contributed by atoms with Crippen molar-refractivity contribution >= 4 is 56.7 Å². The molecule has 2 aromatic heterocycles. The van der Waals surface area contributed by atoms with Crippen LogP contribution in [-0.4, -0.2) is 28.3 Å². The van der Waals surface area contributed by atoms with Crippen LogP contribution < -0.4 is 10.9 Å². The largest absolute Gasteiger partial charge is 0.461 e. The highest BCUT2D eigenvalue weighted by Gasteiger charge is 2.23. The molecule has 1 N–H and O–H groups in total. The highest BCUT2D eigenvalue weighted by Crippen LogP contribution is 2.31. The zero-order valence-electron chi connectivity index (χ0n) is 18.4. The van der Waals surface area contributed by atoms with E-state index in [0.717, 1.165) is 21.6 Å². The Hall–Kier alpha value is -3.75. The zero-order chi connectivity index (χ0) is 24.2. The minimum absolute atomic E-state index is 0.00122. The molecule has 2 heterocycles. The number of hydrogen-bond donors (Lipinski definition) is 1. The number of hydrogen-bond acceptors (Lipinski definition) is 6. The lowest BCUT2D eigenvalue weighted by Crippen LogP contribution is -2.25. The first-order valence-electron chi connectivity index (χ1n) is 10.4. The van der Waals surface area contributed by atoms with Crippen LogP contribution in [0.3, 0.4) is 0 Å². The summed E-state index contributed by atoms with van der Waals surface area (Å²) in [4.78, 5) is 38.7. The van der Waals surface area contributed by atoms with Gasteiger partial charge in [-0.05, 0) is 49.2 Å². The van der Waals surface area contributed by atoms with Gasteiger partial charge in [-0.15, -0.1) is 11.3 Å². The molecule has 0 aliphatic rings. The summed E-state index contributed by atoms with van der Waals surface area (Å²) in [5.74, 6) is -1.09. The fourth-order valence-corrected chi connectivity index (χ4v) is 4.49. The van der Waals surface area contributed by atoms with E-state index in [0.29, 0.717) is 26.7 Å². The number of aromatic nitrogens is 2. The number of nitrogens with zero attached hydrogens (tertiary/aromatic N) is 2. The number of aryl methyl sites for hydroxylation is 1. The van der Waals surface area contributed by atoms with Gasteiger partial charge in [-0.25, -0.2) is 4.79 Å². The van der Waals surface area contributed by atoms with Gasteiger partial charge in [0.2, 0.25) is 5.91 Å². The zero-order valence-corrected chi connectivity index (χ0v) is 19.9. The van der Waals surface area contributed by atoms with E-state index < -0.39 is 17.4 Å². The Labute approximate surface area is 204 Å². The van der Waals surface area contributed by atoms with E-state index in [-0.39, 0.29) is 17.7 Å². The van der Waals surface area contributed by atoms with Gasteiger partial charge in [0, 0.05) is 21.9 Å². The van der Waals surface area contributed by atoms with E-state index in [4.69, 9.17) is 16.3 Å². The number of carbonyl (C=O) groups excluding carboxylic acids is 2. The minimum atomic E-state index is -0.650. The number of benzene rings is 2. The summed E-state index contributed by atoms with van der Waals surface area (Å²) in [6, 6.07) is 14.3. The van der Waals surface area contributed by atoms with Crippen LogP contribution in [0.1, 0.15) is 28.5 Å². The number of ether oxygens (including phenoxy) is 1. The Morgan fingerprint density at radius 1 is 1.21 bits per heavy atom. The van der Waals surface area contributed by atoms with Gasteiger partial charge >= 0.3 is 5.97 Å². The number of esters is 1. The molecule has 0 saturated heterocycles. The maximum Gasteiger partial charge on any atom is 0.359 e. The summed E-state index contributed by atoms with van der Waals surface area (Å²) in [5, 5.41) is 9.99. The molecule has 9 heteroatoms. The maximum atomic E-state index is 13.4. The molecule has 0 atom stereocenters.